The van der Waals surface area contributed by atoms with Crippen LogP contribution in [0.1, 0.15) is 34.1 Å². The lowest BCUT2D eigenvalue weighted by Crippen LogP contribution is -2.40. The molecule has 0 spiro atoms. The first-order chi connectivity index (χ1) is 7.13. The molecule has 0 aromatic carbocycles. The summed E-state index contributed by atoms with van der Waals surface area (Å²) >= 11 is 0. The Balaban J connectivity index is 4.48. The fourth-order valence-corrected chi connectivity index (χ4v) is 0.902. The Labute approximate surface area is 94.2 Å². The average molecular weight is 231 g/mol. The monoisotopic (exact) mass is 231 g/mol. The Morgan fingerprint density at radius 3 is 2.06 bits per heavy atom. The lowest BCUT2D eigenvalue weighted by Gasteiger charge is -2.24. The number of carboxylic acid groups (broad SMARTS) is 1. The van der Waals surface area contributed by atoms with Gasteiger partial charge in [0, 0.05) is 13.5 Å². The molecule has 16 heavy (non-hydrogen) atoms. The third-order valence-electron chi connectivity index (χ3n) is 1.54. The van der Waals surface area contributed by atoms with E-state index in [1.165, 1.54) is 6.92 Å². The van der Waals surface area contributed by atoms with Gasteiger partial charge in [-0.25, -0.2) is 9.69 Å². The van der Waals surface area contributed by atoms with E-state index in [1.54, 1.807) is 20.8 Å². The fourth-order valence-electron chi connectivity index (χ4n) is 0.902. The number of carbonyl (C=O) groups is 3. The van der Waals surface area contributed by atoms with Crippen LogP contribution in [0.4, 0.5) is 4.79 Å². The van der Waals surface area contributed by atoms with Crippen LogP contribution in [0.2, 0.25) is 0 Å². The van der Waals surface area contributed by atoms with Gasteiger partial charge in [0.15, 0.2) is 0 Å². The van der Waals surface area contributed by atoms with Crippen molar-refractivity contribution in [1.82, 2.24) is 4.90 Å². The van der Waals surface area contributed by atoms with E-state index < -0.39 is 23.6 Å². The smallest absolute Gasteiger partial charge is 0.417 e. The summed E-state index contributed by atoms with van der Waals surface area (Å²) < 4.78 is 4.97. The lowest BCUT2D eigenvalue weighted by molar-refractivity contribution is -0.137. The molecule has 92 valence electrons. The molecule has 2 amide bonds. The summed E-state index contributed by atoms with van der Waals surface area (Å²) in [4.78, 5) is 33.7. The molecule has 6 heteroatoms. The van der Waals surface area contributed by atoms with Crippen molar-refractivity contribution in [3.05, 3.63) is 0 Å². The van der Waals surface area contributed by atoms with E-state index in [1.807, 2.05) is 0 Å². The van der Waals surface area contributed by atoms with Gasteiger partial charge in [0.2, 0.25) is 5.91 Å². The zero-order valence-electron chi connectivity index (χ0n) is 9.94. The highest BCUT2D eigenvalue weighted by molar-refractivity contribution is 5.91. The molecule has 0 fully saturated rings. The number of carboxylic acids is 1. The minimum atomic E-state index is -1.07. The molecule has 0 radical (unpaired) electrons. The fraction of sp³-hybridized carbons (Fsp3) is 0.700. The predicted octanol–water partition coefficient (Wildman–Crippen LogP) is 1.24. The molecule has 0 atom stereocenters. The van der Waals surface area contributed by atoms with Crippen molar-refractivity contribution in [2.45, 2.75) is 39.7 Å². The number of nitrogens with zero attached hydrogens (tertiary/aromatic N) is 1. The quantitative estimate of drug-likeness (QED) is 0.790. The van der Waals surface area contributed by atoms with Crippen molar-refractivity contribution in [3.8, 4) is 0 Å². The molecule has 0 unspecified atom stereocenters. The number of amides is 2. The normalized spacial score (nSPS) is 10.8. The molecule has 0 aromatic rings. The van der Waals surface area contributed by atoms with Crippen molar-refractivity contribution in [3.63, 3.8) is 0 Å². The van der Waals surface area contributed by atoms with Gasteiger partial charge in [-0.1, -0.05) is 0 Å². The Hall–Kier alpha value is -1.59. The second-order valence-electron chi connectivity index (χ2n) is 4.29. The van der Waals surface area contributed by atoms with Gasteiger partial charge < -0.3 is 9.84 Å². The van der Waals surface area contributed by atoms with E-state index in [9.17, 15) is 14.4 Å². The highest BCUT2D eigenvalue weighted by atomic mass is 16.6. The van der Waals surface area contributed by atoms with Crippen LogP contribution in [0.5, 0.6) is 0 Å². The van der Waals surface area contributed by atoms with Gasteiger partial charge in [-0.2, -0.15) is 0 Å². The molecule has 1 N–H and O–H groups in total. The molecule has 0 aliphatic carbocycles. The third kappa shape index (κ3) is 6.00. The third-order valence-corrected chi connectivity index (χ3v) is 1.54. The van der Waals surface area contributed by atoms with Crippen LogP contribution in [0.3, 0.4) is 0 Å². The second kappa shape index (κ2) is 5.48. The maximum absolute atomic E-state index is 11.5. The van der Waals surface area contributed by atoms with E-state index >= 15 is 0 Å². The molecule has 0 saturated heterocycles. The van der Waals surface area contributed by atoms with E-state index in [0.717, 1.165) is 4.90 Å². The van der Waals surface area contributed by atoms with Crippen molar-refractivity contribution in [2.24, 2.45) is 0 Å². The standard InChI is InChI=1S/C10H17NO5/c1-7(12)11(6-5-8(13)14)9(15)16-10(2,3)4/h5-6H2,1-4H3,(H,13,14). The highest BCUT2D eigenvalue weighted by Gasteiger charge is 2.25. The van der Waals surface area contributed by atoms with Crippen LogP contribution in [-0.2, 0) is 14.3 Å². The maximum atomic E-state index is 11.5. The van der Waals surface area contributed by atoms with Crippen LogP contribution in [0.25, 0.3) is 0 Å². The molecule has 0 bridgehead atoms. The highest BCUT2D eigenvalue weighted by Crippen LogP contribution is 2.10. The molecule has 0 heterocycles. The molecule has 6 nitrogen and oxygen atoms in total. The Morgan fingerprint density at radius 2 is 1.75 bits per heavy atom. The van der Waals surface area contributed by atoms with Gasteiger partial charge in [0.25, 0.3) is 0 Å². The second-order valence-corrected chi connectivity index (χ2v) is 4.29. The largest absolute Gasteiger partial charge is 0.481 e. The van der Waals surface area contributed by atoms with Gasteiger partial charge in [0.05, 0.1) is 6.42 Å². The Bertz CT molecular complexity index is 292. The van der Waals surface area contributed by atoms with Crippen molar-refractivity contribution in [1.29, 1.82) is 0 Å². The predicted molar refractivity (Wildman–Crippen MR) is 55.9 cm³/mol. The summed E-state index contributed by atoms with van der Waals surface area (Å²) in [5.41, 5.74) is -0.714. The van der Waals surface area contributed by atoms with Crippen LogP contribution in [0.15, 0.2) is 0 Å². The molecule has 0 aliphatic rings. The maximum Gasteiger partial charge on any atom is 0.417 e. The van der Waals surface area contributed by atoms with Gasteiger partial charge in [0.1, 0.15) is 5.60 Å². The minimum absolute atomic E-state index is 0.181. The molecule has 0 saturated carbocycles. The number of imide groups is 1. The number of aliphatic carboxylic acids is 1. The first-order valence-electron chi connectivity index (χ1n) is 4.86. The average Bonchev–Trinajstić information content (AvgIpc) is 1.98. The van der Waals surface area contributed by atoms with Crippen LogP contribution >= 0.6 is 0 Å². The summed E-state index contributed by atoms with van der Waals surface area (Å²) in [6, 6.07) is 0. The Morgan fingerprint density at radius 1 is 1.25 bits per heavy atom. The topological polar surface area (TPSA) is 83.9 Å². The molecular formula is C10H17NO5. The van der Waals surface area contributed by atoms with E-state index in [0.29, 0.717) is 0 Å². The zero-order valence-corrected chi connectivity index (χ0v) is 9.94. The summed E-state index contributed by atoms with van der Waals surface area (Å²) in [5, 5.41) is 8.47. The first kappa shape index (κ1) is 14.4. The molecule has 0 aliphatic heterocycles. The van der Waals surface area contributed by atoms with E-state index in [2.05, 4.69) is 0 Å². The van der Waals surface area contributed by atoms with Crippen molar-refractivity contribution < 1.29 is 24.2 Å². The molecule has 0 rings (SSSR count). The van der Waals surface area contributed by atoms with Crippen molar-refractivity contribution in [2.75, 3.05) is 6.54 Å². The number of hydrogen-bond donors (Lipinski definition) is 1. The number of carbonyl (C=O) groups excluding carboxylic acids is 2. The van der Waals surface area contributed by atoms with Gasteiger partial charge >= 0.3 is 12.1 Å². The first-order valence-corrected chi connectivity index (χ1v) is 4.86. The van der Waals surface area contributed by atoms with Crippen LogP contribution < -0.4 is 0 Å². The summed E-state index contributed by atoms with van der Waals surface area (Å²) in [6.45, 7) is 6.01. The SMILES string of the molecule is CC(=O)N(CCC(=O)O)C(=O)OC(C)(C)C. The summed E-state index contributed by atoms with van der Waals surface area (Å²) in [5.74, 6) is -1.61. The van der Waals surface area contributed by atoms with E-state index in [-0.39, 0.29) is 13.0 Å². The number of hydrogen-bond acceptors (Lipinski definition) is 4. The number of ether oxygens (including phenoxy) is 1. The molecular weight excluding hydrogens is 214 g/mol. The summed E-state index contributed by atoms with van der Waals surface area (Å²) in [7, 11) is 0. The molecule has 0 aromatic heterocycles. The van der Waals surface area contributed by atoms with E-state index in [4.69, 9.17) is 9.84 Å². The van der Waals surface area contributed by atoms with Gasteiger partial charge in [-0.05, 0) is 20.8 Å². The summed E-state index contributed by atoms with van der Waals surface area (Å²) in [6.07, 6.45) is -1.11. The van der Waals surface area contributed by atoms with Crippen LogP contribution in [0, 0.1) is 0 Å². The number of rotatable bonds is 3. The Kier molecular flexibility index (Phi) is 4.94. The zero-order chi connectivity index (χ0) is 12.9. The minimum Gasteiger partial charge on any atom is -0.481 e. The van der Waals surface area contributed by atoms with Gasteiger partial charge in [-0.15, -0.1) is 0 Å². The van der Waals surface area contributed by atoms with Crippen LogP contribution in [-0.4, -0.2) is 40.1 Å². The van der Waals surface area contributed by atoms with Gasteiger partial charge in [-0.3, -0.25) is 9.59 Å². The lowest BCUT2D eigenvalue weighted by atomic mass is 10.2. The van der Waals surface area contributed by atoms with Crippen molar-refractivity contribution >= 4 is 18.0 Å².